The first-order valence-electron chi connectivity index (χ1n) is 7.37. The molecule has 1 rings (SSSR count). The van der Waals surface area contributed by atoms with Gasteiger partial charge in [0.15, 0.2) is 0 Å². The molecule has 2 unspecified atom stereocenters. The molecule has 0 bridgehead atoms. The van der Waals surface area contributed by atoms with Crippen molar-refractivity contribution in [3.05, 3.63) is 29.8 Å². The lowest BCUT2D eigenvalue weighted by molar-refractivity contribution is 0.330. The number of sulfonamides is 1. The lowest BCUT2D eigenvalue weighted by Gasteiger charge is -2.25. The minimum atomic E-state index is -3.64. The van der Waals surface area contributed by atoms with Crippen LogP contribution in [0.25, 0.3) is 0 Å². The van der Waals surface area contributed by atoms with Crippen LogP contribution in [-0.4, -0.2) is 33.9 Å². The van der Waals surface area contributed by atoms with Gasteiger partial charge in [-0.3, -0.25) is 4.57 Å². The van der Waals surface area contributed by atoms with Gasteiger partial charge in [-0.1, -0.05) is 31.5 Å². The zero-order valence-electron chi connectivity index (χ0n) is 13.9. The van der Waals surface area contributed by atoms with Crippen LogP contribution in [0, 0.1) is 12.8 Å². The van der Waals surface area contributed by atoms with E-state index in [0.717, 1.165) is 5.56 Å². The lowest BCUT2D eigenvalue weighted by atomic mass is 10.1. The predicted molar refractivity (Wildman–Crippen MR) is 90.2 cm³/mol. The number of nitrogens with one attached hydrogen (secondary N) is 1. The van der Waals surface area contributed by atoms with Gasteiger partial charge in [-0.2, -0.15) is 0 Å². The largest absolute Gasteiger partial charge is 0.329 e. The third-order valence-electron chi connectivity index (χ3n) is 3.37. The Morgan fingerprint density at radius 2 is 1.77 bits per heavy atom. The number of hydrogen-bond donors (Lipinski definition) is 1. The van der Waals surface area contributed by atoms with Gasteiger partial charge in [-0.25, -0.2) is 13.1 Å². The van der Waals surface area contributed by atoms with Crippen LogP contribution in [0.5, 0.6) is 0 Å². The van der Waals surface area contributed by atoms with Gasteiger partial charge >= 0.3 is 0 Å². The van der Waals surface area contributed by atoms with E-state index < -0.39 is 23.4 Å². The molecule has 5 nitrogen and oxygen atoms in total. The molecule has 0 radical (unpaired) electrons. The Labute approximate surface area is 134 Å². The molecule has 0 aromatic heterocycles. The van der Waals surface area contributed by atoms with Crippen LogP contribution in [0.4, 0.5) is 0 Å². The van der Waals surface area contributed by atoms with Crippen molar-refractivity contribution in [1.29, 1.82) is 0 Å². The lowest BCUT2D eigenvalue weighted by Crippen LogP contribution is -2.41. The monoisotopic (exact) mass is 347 g/mol. The first-order valence-corrected chi connectivity index (χ1v) is 11.1. The molecule has 0 amide bonds. The van der Waals surface area contributed by atoms with Crippen LogP contribution in [0.15, 0.2) is 29.2 Å². The topological polar surface area (TPSA) is 72.5 Å². The highest BCUT2D eigenvalue weighted by molar-refractivity contribution is 7.89. The quantitative estimate of drug-likeness (QED) is 0.733. The molecule has 1 N–H and O–H groups in total. The van der Waals surface area contributed by atoms with Crippen LogP contribution in [0.2, 0.25) is 0 Å². The Kier molecular flexibility index (Phi) is 6.81. The summed E-state index contributed by atoms with van der Waals surface area (Å²) in [7, 11) is -6.45. The minimum Gasteiger partial charge on any atom is -0.329 e. The zero-order chi connectivity index (χ0) is 17.0. The Hall–Kier alpha value is -0.680. The fourth-order valence-corrected chi connectivity index (χ4v) is 5.44. The highest BCUT2D eigenvalue weighted by atomic mass is 32.2. The maximum Gasteiger partial charge on any atom is 0.240 e. The summed E-state index contributed by atoms with van der Waals surface area (Å²) < 4.78 is 45.2. The summed E-state index contributed by atoms with van der Waals surface area (Å²) in [6, 6.07) is 6.22. The van der Waals surface area contributed by atoms with Crippen LogP contribution in [-0.2, 0) is 19.1 Å². The molecule has 0 saturated heterocycles. The molecule has 2 atom stereocenters. The van der Waals surface area contributed by atoms with Crippen molar-refractivity contribution < 1.29 is 17.5 Å². The first kappa shape index (κ1) is 19.4. The first-order chi connectivity index (χ1) is 10.1. The summed E-state index contributed by atoms with van der Waals surface area (Å²) in [5, 5.41) is 0. The molecule has 0 fully saturated rings. The van der Waals surface area contributed by atoms with E-state index in [2.05, 4.69) is 4.72 Å². The van der Waals surface area contributed by atoms with Gasteiger partial charge in [0.1, 0.15) is 0 Å². The smallest absolute Gasteiger partial charge is 0.240 e. The molecular formula is C15H26NO4PS. The second kappa shape index (κ2) is 7.73. The van der Waals surface area contributed by atoms with Crippen molar-refractivity contribution in [2.24, 2.45) is 5.92 Å². The fourth-order valence-electron chi connectivity index (χ4n) is 2.05. The summed E-state index contributed by atoms with van der Waals surface area (Å²) in [5.74, 6) is 0.00829. The summed E-state index contributed by atoms with van der Waals surface area (Å²) in [6.07, 6.45) is 0.184. The SMILES string of the molecule is CCOP(C)(=O)CC(NS(=O)(=O)c1ccc(C)cc1)C(C)C. The van der Waals surface area contributed by atoms with E-state index in [4.69, 9.17) is 4.52 Å². The standard InChI is InChI=1S/C15H26NO4PS/c1-6-20-21(5,17)11-15(12(2)3)16-22(18,19)14-9-7-13(4)8-10-14/h7-10,12,15-16H,6,11H2,1-5H3. The second-order valence-corrected chi connectivity index (χ2v) is 10.3. The van der Waals surface area contributed by atoms with E-state index >= 15 is 0 Å². The molecule has 7 heteroatoms. The molecule has 126 valence electrons. The third-order valence-corrected chi connectivity index (χ3v) is 6.74. The van der Waals surface area contributed by atoms with E-state index in [1.807, 2.05) is 20.8 Å². The van der Waals surface area contributed by atoms with E-state index in [1.54, 1.807) is 37.9 Å². The Bertz CT molecular complexity index is 625. The van der Waals surface area contributed by atoms with E-state index in [9.17, 15) is 13.0 Å². The van der Waals surface area contributed by atoms with Crippen molar-refractivity contribution in [1.82, 2.24) is 4.72 Å². The predicted octanol–water partition coefficient (Wildman–Crippen LogP) is 3.24. The highest BCUT2D eigenvalue weighted by Crippen LogP contribution is 2.43. The van der Waals surface area contributed by atoms with E-state index in [1.165, 1.54) is 0 Å². The van der Waals surface area contributed by atoms with Crippen molar-refractivity contribution in [2.75, 3.05) is 19.4 Å². The van der Waals surface area contributed by atoms with Crippen molar-refractivity contribution >= 4 is 17.4 Å². The van der Waals surface area contributed by atoms with Gasteiger partial charge in [-0.15, -0.1) is 0 Å². The van der Waals surface area contributed by atoms with Crippen molar-refractivity contribution in [3.8, 4) is 0 Å². The van der Waals surface area contributed by atoms with Gasteiger partial charge in [0.25, 0.3) is 0 Å². The number of benzene rings is 1. The molecule has 0 spiro atoms. The summed E-state index contributed by atoms with van der Waals surface area (Å²) in [4.78, 5) is 0.214. The zero-order valence-corrected chi connectivity index (χ0v) is 15.6. The molecule has 0 saturated carbocycles. The molecule has 1 aromatic rings. The molecule has 0 aliphatic rings. The van der Waals surface area contributed by atoms with Crippen LogP contribution >= 0.6 is 7.37 Å². The number of hydrogen-bond acceptors (Lipinski definition) is 4. The molecule has 0 heterocycles. The summed E-state index contributed by atoms with van der Waals surface area (Å²) in [6.45, 7) is 9.37. The maximum atomic E-state index is 12.5. The van der Waals surface area contributed by atoms with Crippen LogP contribution in [0.3, 0.4) is 0 Å². The van der Waals surface area contributed by atoms with E-state index in [-0.39, 0.29) is 17.0 Å². The van der Waals surface area contributed by atoms with Crippen molar-refractivity contribution in [3.63, 3.8) is 0 Å². The van der Waals surface area contributed by atoms with Gasteiger partial charge in [-0.05, 0) is 31.9 Å². The summed E-state index contributed by atoms with van der Waals surface area (Å²) in [5.41, 5.74) is 0.994. The number of aryl methyl sites for hydroxylation is 1. The molecular weight excluding hydrogens is 321 g/mol. The number of rotatable bonds is 8. The fraction of sp³-hybridized carbons (Fsp3) is 0.600. The second-order valence-electron chi connectivity index (χ2n) is 5.90. The van der Waals surface area contributed by atoms with Crippen LogP contribution in [0.1, 0.15) is 26.3 Å². The average Bonchev–Trinajstić information content (AvgIpc) is 2.37. The molecule has 1 aromatic carbocycles. The van der Waals surface area contributed by atoms with Gasteiger partial charge in [0.2, 0.25) is 17.4 Å². The molecule has 0 aliphatic heterocycles. The van der Waals surface area contributed by atoms with E-state index in [0.29, 0.717) is 6.61 Å². The van der Waals surface area contributed by atoms with Gasteiger partial charge in [0.05, 0.1) is 11.5 Å². The maximum absolute atomic E-state index is 12.5. The molecule has 0 aliphatic carbocycles. The summed E-state index contributed by atoms with van der Waals surface area (Å²) >= 11 is 0. The Morgan fingerprint density at radius 1 is 1.23 bits per heavy atom. The third kappa shape index (κ3) is 5.84. The Morgan fingerprint density at radius 3 is 2.23 bits per heavy atom. The van der Waals surface area contributed by atoms with Gasteiger partial charge in [0, 0.05) is 18.9 Å². The van der Waals surface area contributed by atoms with Crippen molar-refractivity contribution in [2.45, 2.75) is 38.6 Å². The normalized spacial score (nSPS) is 16.5. The minimum absolute atomic E-state index is 0.00829. The highest BCUT2D eigenvalue weighted by Gasteiger charge is 2.28. The average molecular weight is 347 g/mol. The van der Waals surface area contributed by atoms with Crippen LogP contribution < -0.4 is 4.72 Å². The van der Waals surface area contributed by atoms with Gasteiger partial charge < -0.3 is 4.52 Å². The Balaban J connectivity index is 2.95. The molecule has 22 heavy (non-hydrogen) atoms.